The zero-order valence-corrected chi connectivity index (χ0v) is 25.6. The molecule has 2 unspecified atom stereocenters. The summed E-state index contributed by atoms with van der Waals surface area (Å²) in [5, 5.41) is 11.1. The summed E-state index contributed by atoms with van der Waals surface area (Å²) in [6.07, 6.45) is 29.8. The van der Waals surface area contributed by atoms with Crippen LogP contribution < -0.4 is 0 Å². The van der Waals surface area contributed by atoms with Gasteiger partial charge in [0.1, 0.15) is 0 Å². The summed E-state index contributed by atoms with van der Waals surface area (Å²) in [5.74, 6) is 1.70. The van der Waals surface area contributed by atoms with Crippen molar-refractivity contribution in [3.05, 3.63) is 0 Å². The number of hydrogen-bond acceptors (Lipinski definition) is 1. The van der Waals surface area contributed by atoms with Crippen molar-refractivity contribution < 1.29 is 5.11 Å². The first-order valence-corrected chi connectivity index (χ1v) is 16.3. The Hall–Kier alpha value is -0.0400. The molecule has 0 aliphatic heterocycles. The third-order valence-corrected chi connectivity index (χ3v) is 9.19. The molecule has 0 saturated heterocycles. The lowest BCUT2D eigenvalue weighted by atomic mass is 9.58. The van der Waals surface area contributed by atoms with Crippen molar-refractivity contribution in [3.63, 3.8) is 0 Å². The van der Waals surface area contributed by atoms with Crippen LogP contribution in [0, 0.1) is 28.6 Å². The minimum Gasteiger partial charge on any atom is -0.393 e. The van der Waals surface area contributed by atoms with Gasteiger partial charge in [0.25, 0.3) is 0 Å². The molecule has 0 bridgehead atoms. The minimum atomic E-state index is -0.133. The van der Waals surface area contributed by atoms with Crippen LogP contribution in [0.2, 0.25) is 0 Å². The summed E-state index contributed by atoms with van der Waals surface area (Å²) in [4.78, 5) is 0. The monoisotopic (exact) mass is 493 g/mol. The van der Waals surface area contributed by atoms with Crippen molar-refractivity contribution in [1.82, 2.24) is 0 Å². The zero-order chi connectivity index (χ0) is 26.2. The van der Waals surface area contributed by atoms with Crippen molar-refractivity contribution in [1.29, 1.82) is 0 Å². The fourth-order valence-electron chi connectivity index (χ4n) is 6.68. The lowest BCUT2D eigenvalue weighted by molar-refractivity contribution is -0.0847. The molecule has 0 radical (unpaired) electrons. The number of unbranched alkanes of at least 4 members (excludes halogenated alkanes) is 17. The molecular formula is C34H68O. The fourth-order valence-corrected chi connectivity index (χ4v) is 6.68. The van der Waals surface area contributed by atoms with Crippen LogP contribution in [0.25, 0.3) is 0 Å². The second-order valence-corrected chi connectivity index (χ2v) is 14.6. The van der Waals surface area contributed by atoms with Crippen LogP contribution in [0.3, 0.4) is 0 Å². The highest BCUT2D eigenvalue weighted by Gasteiger charge is 2.45. The molecule has 0 aromatic heterocycles. The molecule has 0 amide bonds. The summed E-state index contributed by atoms with van der Waals surface area (Å²) >= 11 is 0. The van der Waals surface area contributed by atoms with E-state index in [9.17, 15) is 5.11 Å². The molecule has 0 heterocycles. The average Bonchev–Trinajstić information content (AvgIpc) is 2.77. The van der Waals surface area contributed by atoms with Crippen LogP contribution in [0.15, 0.2) is 0 Å². The van der Waals surface area contributed by atoms with Gasteiger partial charge in [0.05, 0.1) is 6.10 Å². The molecule has 1 fully saturated rings. The van der Waals surface area contributed by atoms with E-state index >= 15 is 0 Å². The minimum absolute atomic E-state index is 0.133. The largest absolute Gasteiger partial charge is 0.393 e. The van der Waals surface area contributed by atoms with Gasteiger partial charge in [0.15, 0.2) is 0 Å². The van der Waals surface area contributed by atoms with Gasteiger partial charge < -0.3 is 5.11 Å². The molecule has 1 rings (SSSR count). The highest BCUT2D eigenvalue weighted by molar-refractivity contribution is 4.95. The smallest absolute Gasteiger partial charge is 0.0606 e. The number of aliphatic hydroxyl groups is 1. The molecule has 1 aliphatic carbocycles. The lowest BCUT2D eigenvalue weighted by Crippen LogP contribution is -2.47. The van der Waals surface area contributed by atoms with Crippen molar-refractivity contribution >= 4 is 0 Å². The molecular weight excluding hydrogens is 424 g/mol. The van der Waals surface area contributed by atoms with E-state index < -0.39 is 0 Å². The molecule has 2 atom stereocenters. The van der Waals surface area contributed by atoms with Gasteiger partial charge in [-0.25, -0.2) is 0 Å². The number of rotatable bonds is 19. The molecule has 35 heavy (non-hydrogen) atoms. The first-order valence-electron chi connectivity index (χ1n) is 16.3. The molecule has 1 aliphatic rings. The maximum Gasteiger partial charge on any atom is 0.0606 e. The van der Waals surface area contributed by atoms with Gasteiger partial charge in [-0.05, 0) is 41.4 Å². The molecule has 0 aromatic rings. The Balaban J connectivity index is 2.01. The van der Waals surface area contributed by atoms with Crippen LogP contribution in [0.4, 0.5) is 0 Å². The van der Waals surface area contributed by atoms with E-state index in [4.69, 9.17) is 0 Å². The standard InChI is InChI=1S/C34H68O/c1-8-9-10-11-12-13-14-15-16-17-18-19-20-21-22-23-24-25-26-29-27-30(33(2,3)4)32(35)31(28-29)34(5,6)7/h29-32,35H,8-28H2,1-7H3. The Bertz CT molecular complexity index is 458. The van der Waals surface area contributed by atoms with Crippen LogP contribution in [-0.4, -0.2) is 11.2 Å². The predicted molar refractivity (Wildman–Crippen MR) is 158 cm³/mol. The Kier molecular flexibility index (Phi) is 17.2. The number of aliphatic hydroxyl groups excluding tert-OH is 1. The van der Waals surface area contributed by atoms with Crippen molar-refractivity contribution in [2.75, 3.05) is 0 Å². The van der Waals surface area contributed by atoms with Crippen LogP contribution >= 0.6 is 0 Å². The van der Waals surface area contributed by atoms with Crippen LogP contribution in [-0.2, 0) is 0 Å². The molecule has 1 nitrogen and oxygen atoms in total. The normalized spacial score (nSPS) is 23.7. The van der Waals surface area contributed by atoms with Crippen molar-refractivity contribution in [2.24, 2.45) is 28.6 Å². The number of hydrogen-bond donors (Lipinski definition) is 1. The van der Waals surface area contributed by atoms with Gasteiger partial charge in [-0.1, -0.05) is 170 Å². The lowest BCUT2D eigenvalue weighted by Gasteiger charge is -2.49. The van der Waals surface area contributed by atoms with E-state index in [1.54, 1.807) is 0 Å². The Labute approximate surface area is 223 Å². The van der Waals surface area contributed by atoms with Gasteiger partial charge >= 0.3 is 0 Å². The quantitative estimate of drug-likeness (QED) is 0.178. The van der Waals surface area contributed by atoms with Gasteiger partial charge in [-0.2, -0.15) is 0 Å². The SMILES string of the molecule is CCCCCCCCCCCCCCCCCCCCC1CC(C(C)(C)C)C(O)C(C(C)(C)C)C1. The summed E-state index contributed by atoms with van der Waals surface area (Å²) in [6.45, 7) is 16.3. The summed E-state index contributed by atoms with van der Waals surface area (Å²) in [5.41, 5.74) is 0.408. The van der Waals surface area contributed by atoms with Gasteiger partial charge in [0.2, 0.25) is 0 Å². The molecule has 0 aromatic carbocycles. The zero-order valence-electron chi connectivity index (χ0n) is 25.6. The van der Waals surface area contributed by atoms with E-state index in [1.807, 2.05) is 0 Å². The fraction of sp³-hybridized carbons (Fsp3) is 1.00. The summed E-state index contributed by atoms with van der Waals surface area (Å²) in [6, 6.07) is 0. The van der Waals surface area contributed by atoms with E-state index in [-0.39, 0.29) is 16.9 Å². The summed E-state index contributed by atoms with van der Waals surface area (Å²) in [7, 11) is 0. The predicted octanol–water partition coefficient (Wildman–Crippen LogP) is 11.5. The van der Waals surface area contributed by atoms with Crippen molar-refractivity contribution in [2.45, 2.75) is 189 Å². The van der Waals surface area contributed by atoms with Gasteiger partial charge in [-0.3, -0.25) is 0 Å². The average molecular weight is 493 g/mol. The van der Waals surface area contributed by atoms with Gasteiger partial charge in [-0.15, -0.1) is 0 Å². The van der Waals surface area contributed by atoms with Crippen LogP contribution in [0.5, 0.6) is 0 Å². The third kappa shape index (κ3) is 15.1. The summed E-state index contributed by atoms with van der Waals surface area (Å²) < 4.78 is 0. The first kappa shape index (κ1) is 33.0. The van der Waals surface area contributed by atoms with E-state index in [2.05, 4.69) is 48.5 Å². The Morgan fingerprint density at radius 3 is 1.06 bits per heavy atom. The molecule has 1 N–H and O–H groups in total. The van der Waals surface area contributed by atoms with E-state index in [1.165, 1.54) is 135 Å². The second kappa shape index (κ2) is 18.3. The molecule has 0 spiro atoms. The topological polar surface area (TPSA) is 20.2 Å². The Morgan fingerprint density at radius 2 is 0.771 bits per heavy atom. The maximum atomic E-state index is 11.1. The Morgan fingerprint density at radius 1 is 0.486 bits per heavy atom. The van der Waals surface area contributed by atoms with Crippen LogP contribution in [0.1, 0.15) is 183 Å². The molecule has 1 heteroatoms. The van der Waals surface area contributed by atoms with E-state index in [0.29, 0.717) is 11.8 Å². The molecule has 1 saturated carbocycles. The van der Waals surface area contributed by atoms with Gasteiger partial charge in [0, 0.05) is 0 Å². The third-order valence-electron chi connectivity index (χ3n) is 9.19. The highest BCUT2D eigenvalue weighted by atomic mass is 16.3. The highest BCUT2D eigenvalue weighted by Crippen LogP contribution is 2.49. The van der Waals surface area contributed by atoms with Crippen molar-refractivity contribution in [3.8, 4) is 0 Å². The maximum absolute atomic E-state index is 11.1. The van der Waals surface area contributed by atoms with E-state index in [0.717, 1.165) is 5.92 Å². The second-order valence-electron chi connectivity index (χ2n) is 14.6. The molecule has 210 valence electrons. The first-order chi connectivity index (χ1) is 16.6.